The van der Waals surface area contributed by atoms with Gasteiger partial charge in [0.25, 0.3) is 5.91 Å². The molecule has 0 bridgehead atoms. The summed E-state index contributed by atoms with van der Waals surface area (Å²) < 4.78 is 40.5. The van der Waals surface area contributed by atoms with E-state index in [2.05, 4.69) is 26.0 Å². The molecule has 0 radical (unpaired) electrons. The van der Waals surface area contributed by atoms with E-state index >= 15 is 0 Å². The summed E-state index contributed by atoms with van der Waals surface area (Å²) in [6, 6.07) is 3.86. The van der Waals surface area contributed by atoms with Crippen LogP contribution < -0.4 is 10.1 Å². The van der Waals surface area contributed by atoms with Crippen LogP contribution in [0.4, 0.5) is 13.2 Å². The summed E-state index contributed by atoms with van der Waals surface area (Å²) in [6.07, 6.45) is -2.61. The molecule has 1 aliphatic rings. The molecule has 0 atom stereocenters. The molecule has 7 heteroatoms. The molecule has 0 aromatic heterocycles. The van der Waals surface area contributed by atoms with Crippen LogP contribution in [0, 0.1) is 5.92 Å². The van der Waals surface area contributed by atoms with E-state index in [0.717, 1.165) is 18.9 Å². The lowest BCUT2D eigenvalue weighted by molar-refractivity contribution is -0.274. The largest absolute Gasteiger partial charge is 0.573 e. The number of hydrogen-bond donors (Lipinski definition) is 1. The molecule has 1 aromatic carbocycles. The first-order valence-electron chi connectivity index (χ1n) is 5.68. The predicted octanol–water partition coefficient (Wildman–Crippen LogP) is 3.49. The van der Waals surface area contributed by atoms with E-state index in [1.807, 2.05) is 0 Å². The fourth-order valence-electron chi connectivity index (χ4n) is 1.51. The summed E-state index contributed by atoms with van der Waals surface area (Å²) in [5, 5.41) is 2.68. The average molecular weight is 338 g/mol. The van der Waals surface area contributed by atoms with E-state index in [0.29, 0.717) is 12.5 Å². The van der Waals surface area contributed by atoms with Gasteiger partial charge in [0.1, 0.15) is 5.75 Å². The minimum Gasteiger partial charge on any atom is -0.405 e. The molecule has 104 valence electrons. The number of carbonyl (C=O) groups excluding carboxylic acids is 1. The first-order valence-corrected chi connectivity index (χ1v) is 6.48. The molecule has 0 saturated heterocycles. The van der Waals surface area contributed by atoms with Gasteiger partial charge in [0.05, 0.1) is 4.47 Å². The van der Waals surface area contributed by atoms with E-state index in [-0.39, 0.29) is 10.0 Å². The van der Waals surface area contributed by atoms with Crippen LogP contribution in [-0.4, -0.2) is 18.8 Å². The maximum absolute atomic E-state index is 12.2. The molecular weight excluding hydrogens is 327 g/mol. The van der Waals surface area contributed by atoms with Crippen LogP contribution in [-0.2, 0) is 0 Å². The Labute approximate surface area is 116 Å². The van der Waals surface area contributed by atoms with Crippen LogP contribution in [0.1, 0.15) is 23.2 Å². The SMILES string of the molecule is O=C(NCC1CC1)c1ccc(Br)c(OC(F)(F)F)c1. The van der Waals surface area contributed by atoms with Gasteiger partial charge in [-0.3, -0.25) is 4.79 Å². The third-order valence-electron chi connectivity index (χ3n) is 2.67. The first-order chi connectivity index (χ1) is 8.85. The van der Waals surface area contributed by atoms with Gasteiger partial charge in [0.2, 0.25) is 0 Å². The summed E-state index contributed by atoms with van der Waals surface area (Å²) in [6.45, 7) is 0.560. The van der Waals surface area contributed by atoms with E-state index in [4.69, 9.17) is 0 Å². The zero-order chi connectivity index (χ0) is 14.0. The minimum absolute atomic E-state index is 0.142. The van der Waals surface area contributed by atoms with Gasteiger partial charge < -0.3 is 10.1 Å². The Morgan fingerprint density at radius 1 is 1.42 bits per heavy atom. The first kappa shape index (κ1) is 14.2. The second-order valence-corrected chi connectivity index (χ2v) is 5.20. The summed E-state index contributed by atoms with van der Waals surface area (Å²) in [7, 11) is 0. The summed E-state index contributed by atoms with van der Waals surface area (Å²) in [4.78, 5) is 11.7. The van der Waals surface area contributed by atoms with Gasteiger partial charge in [-0.05, 0) is 52.9 Å². The molecule has 2 rings (SSSR count). The van der Waals surface area contributed by atoms with Gasteiger partial charge in [0, 0.05) is 12.1 Å². The van der Waals surface area contributed by atoms with Crippen molar-refractivity contribution in [2.75, 3.05) is 6.54 Å². The third kappa shape index (κ3) is 4.41. The Kier molecular flexibility index (Phi) is 4.03. The molecule has 0 aliphatic heterocycles. The van der Waals surface area contributed by atoms with Crippen LogP contribution in [0.3, 0.4) is 0 Å². The molecule has 0 unspecified atom stereocenters. The highest BCUT2D eigenvalue weighted by Gasteiger charge is 2.32. The predicted molar refractivity (Wildman–Crippen MR) is 65.9 cm³/mol. The number of ether oxygens (including phenoxy) is 1. The van der Waals surface area contributed by atoms with Gasteiger partial charge in [-0.25, -0.2) is 0 Å². The van der Waals surface area contributed by atoms with Crippen LogP contribution in [0.15, 0.2) is 22.7 Å². The maximum atomic E-state index is 12.2. The lowest BCUT2D eigenvalue weighted by Gasteiger charge is -2.12. The van der Waals surface area contributed by atoms with Crippen molar-refractivity contribution in [2.45, 2.75) is 19.2 Å². The van der Waals surface area contributed by atoms with Gasteiger partial charge >= 0.3 is 6.36 Å². The molecule has 19 heavy (non-hydrogen) atoms. The topological polar surface area (TPSA) is 38.3 Å². The molecule has 1 aliphatic carbocycles. The van der Waals surface area contributed by atoms with Gasteiger partial charge in [-0.15, -0.1) is 13.2 Å². The van der Waals surface area contributed by atoms with E-state index in [1.165, 1.54) is 12.1 Å². The molecule has 1 aromatic rings. The summed E-state index contributed by atoms with van der Waals surface area (Å²) in [5.41, 5.74) is 0.142. The Bertz CT molecular complexity index is 486. The van der Waals surface area contributed by atoms with E-state index in [1.54, 1.807) is 0 Å². The van der Waals surface area contributed by atoms with Crippen LogP contribution in [0.5, 0.6) is 5.75 Å². The molecule has 1 fully saturated rings. The van der Waals surface area contributed by atoms with Crippen molar-refractivity contribution in [1.82, 2.24) is 5.32 Å². The number of carbonyl (C=O) groups is 1. The lowest BCUT2D eigenvalue weighted by atomic mass is 10.2. The zero-order valence-corrected chi connectivity index (χ0v) is 11.3. The Hall–Kier alpha value is -1.24. The number of alkyl halides is 3. The number of hydrogen-bond acceptors (Lipinski definition) is 2. The zero-order valence-electron chi connectivity index (χ0n) is 9.76. The van der Waals surface area contributed by atoms with Crippen molar-refractivity contribution in [3.63, 3.8) is 0 Å². The smallest absolute Gasteiger partial charge is 0.405 e. The second-order valence-electron chi connectivity index (χ2n) is 4.35. The van der Waals surface area contributed by atoms with Gasteiger partial charge in [0.15, 0.2) is 0 Å². The van der Waals surface area contributed by atoms with E-state index in [9.17, 15) is 18.0 Å². The average Bonchev–Trinajstić information content (AvgIpc) is 3.11. The molecule has 3 nitrogen and oxygen atoms in total. The number of nitrogens with one attached hydrogen (secondary N) is 1. The van der Waals surface area contributed by atoms with Crippen molar-refractivity contribution in [3.05, 3.63) is 28.2 Å². The molecule has 0 heterocycles. The van der Waals surface area contributed by atoms with Crippen molar-refractivity contribution < 1.29 is 22.7 Å². The minimum atomic E-state index is -4.79. The third-order valence-corrected chi connectivity index (χ3v) is 3.32. The molecule has 1 N–H and O–H groups in total. The monoisotopic (exact) mass is 337 g/mol. The van der Waals surface area contributed by atoms with Crippen LogP contribution in [0.2, 0.25) is 0 Å². The molecule has 1 saturated carbocycles. The fraction of sp³-hybridized carbons (Fsp3) is 0.417. The van der Waals surface area contributed by atoms with Gasteiger partial charge in [-0.1, -0.05) is 0 Å². The number of amides is 1. The van der Waals surface area contributed by atoms with Crippen molar-refractivity contribution in [1.29, 1.82) is 0 Å². The Balaban J connectivity index is 2.07. The quantitative estimate of drug-likeness (QED) is 0.913. The second kappa shape index (κ2) is 5.40. The number of halogens is 4. The Morgan fingerprint density at radius 3 is 2.68 bits per heavy atom. The lowest BCUT2D eigenvalue weighted by Crippen LogP contribution is -2.25. The fourth-order valence-corrected chi connectivity index (χ4v) is 1.84. The standard InChI is InChI=1S/C12H11BrF3NO2/c13-9-4-3-8(5-10(9)19-12(14,15)16)11(18)17-6-7-1-2-7/h3-5,7H,1-2,6H2,(H,17,18). The highest BCUT2D eigenvalue weighted by Crippen LogP contribution is 2.31. The summed E-state index contributed by atoms with van der Waals surface area (Å²) >= 11 is 2.95. The van der Waals surface area contributed by atoms with Crippen molar-refractivity contribution >= 4 is 21.8 Å². The van der Waals surface area contributed by atoms with Crippen molar-refractivity contribution in [3.8, 4) is 5.75 Å². The highest BCUT2D eigenvalue weighted by molar-refractivity contribution is 9.10. The molecular formula is C12H11BrF3NO2. The van der Waals surface area contributed by atoms with Crippen molar-refractivity contribution in [2.24, 2.45) is 5.92 Å². The number of benzene rings is 1. The summed E-state index contributed by atoms with van der Waals surface area (Å²) in [5.74, 6) is -0.316. The normalized spacial score (nSPS) is 15.2. The van der Waals surface area contributed by atoms with E-state index < -0.39 is 18.0 Å². The molecule has 1 amide bonds. The van der Waals surface area contributed by atoms with Crippen LogP contribution >= 0.6 is 15.9 Å². The van der Waals surface area contributed by atoms with Crippen LogP contribution in [0.25, 0.3) is 0 Å². The number of rotatable bonds is 4. The maximum Gasteiger partial charge on any atom is 0.573 e. The Morgan fingerprint density at radius 2 is 2.11 bits per heavy atom. The van der Waals surface area contributed by atoms with Gasteiger partial charge in [-0.2, -0.15) is 0 Å². The molecule has 0 spiro atoms. The highest BCUT2D eigenvalue weighted by atomic mass is 79.9.